The molecular weight excluding hydrogens is 344 g/mol. The molecule has 6 heteroatoms. The number of oxazole rings is 1. The van der Waals surface area contributed by atoms with Gasteiger partial charge in [-0.3, -0.25) is 9.59 Å². The molecule has 0 atom stereocenters. The van der Waals surface area contributed by atoms with Crippen molar-refractivity contribution in [2.45, 2.75) is 52.4 Å². The number of hydrogen-bond donors (Lipinski definition) is 1. The number of hydrogen-bond acceptors (Lipinski definition) is 5. The van der Waals surface area contributed by atoms with Gasteiger partial charge in [-0.15, -0.1) is 0 Å². The fourth-order valence-corrected chi connectivity index (χ4v) is 3.38. The molecule has 0 radical (unpaired) electrons. The lowest BCUT2D eigenvalue weighted by molar-refractivity contribution is 0.0963. The molecule has 0 fully saturated rings. The van der Waals surface area contributed by atoms with Gasteiger partial charge in [0.2, 0.25) is 5.89 Å². The van der Waals surface area contributed by atoms with E-state index in [0.717, 1.165) is 6.42 Å². The molecule has 0 aliphatic heterocycles. The Kier molecular flexibility index (Phi) is 3.94. The lowest BCUT2D eigenvalue weighted by atomic mass is 9.94. The highest BCUT2D eigenvalue weighted by atomic mass is 16.4. The number of nitrogens with zero attached hydrogens (tertiary/aromatic N) is 1. The molecule has 1 aliphatic rings. The van der Waals surface area contributed by atoms with Crippen molar-refractivity contribution >= 4 is 28.5 Å². The quantitative estimate of drug-likeness (QED) is 0.704. The third-order valence-electron chi connectivity index (χ3n) is 4.80. The number of fused-ring (bicyclic) bond motifs is 2. The predicted octanol–water partition coefficient (Wildman–Crippen LogP) is 4.80. The number of Topliss-reactive ketones (excluding diaryl/α,β-unsaturated/α-hetero) is 1. The van der Waals surface area contributed by atoms with E-state index in [9.17, 15) is 9.59 Å². The molecule has 0 unspecified atom stereocenters. The van der Waals surface area contributed by atoms with Crippen molar-refractivity contribution in [1.82, 2.24) is 4.98 Å². The Balaban J connectivity index is 1.62. The van der Waals surface area contributed by atoms with Crippen molar-refractivity contribution in [1.29, 1.82) is 0 Å². The molecule has 0 bridgehead atoms. The number of nitrogens with one attached hydrogen (secondary N) is 1. The van der Waals surface area contributed by atoms with Gasteiger partial charge in [-0.1, -0.05) is 20.8 Å². The predicted molar refractivity (Wildman–Crippen MR) is 101 cm³/mol. The molecule has 0 saturated carbocycles. The zero-order valence-corrected chi connectivity index (χ0v) is 15.9. The molecule has 0 spiro atoms. The summed E-state index contributed by atoms with van der Waals surface area (Å²) in [6, 6.07) is 5.33. The van der Waals surface area contributed by atoms with Crippen molar-refractivity contribution in [2.75, 3.05) is 5.32 Å². The van der Waals surface area contributed by atoms with E-state index in [1.54, 1.807) is 25.1 Å². The van der Waals surface area contributed by atoms with Crippen LogP contribution < -0.4 is 5.32 Å². The van der Waals surface area contributed by atoms with Crippen LogP contribution in [-0.4, -0.2) is 16.7 Å². The Morgan fingerprint density at radius 2 is 1.96 bits per heavy atom. The molecule has 4 rings (SSSR count). The van der Waals surface area contributed by atoms with E-state index < -0.39 is 0 Å². The van der Waals surface area contributed by atoms with Crippen molar-refractivity contribution in [3.63, 3.8) is 0 Å². The number of carbonyl (C=O) groups excluding carboxylic acids is 2. The first-order chi connectivity index (χ1) is 12.7. The Morgan fingerprint density at radius 1 is 1.19 bits per heavy atom. The van der Waals surface area contributed by atoms with Gasteiger partial charge in [-0.2, -0.15) is 0 Å². The number of amides is 1. The average molecular weight is 366 g/mol. The Morgan fingerprint density at radius 3 is 2.67 bits per heavy atom. The van der Waals surface area contributed by atoms with E-state index in [0.29, 0.717) is 52.4 Å². The molecule has 3 aromatic rings. The summed E-state index contributed by atoms with van der Waals surface area (Å²) in [5.74, 6) is 1.15. The van der Waals surface area contributed by atoms with Crippen LogP contribution in [0.1, 0.15) is 71.7 Å². The summed E-state index contributed by atoms with van der Waals surface area (Å²) in [6.45, 7) is 7.85. The zero-order valence-electron chi connectivity index (χ0n) is 15.9. The average Bonchev–Trinajstić information content (AvgIpc) is 3.16. The molecule has 27 heavy (non-hydrogen) atoms. The van der Waals surface area contributed by atoms with Gasteiger partial charge in [0.1, 0.15) is 11.3 Å². The van der Waals surface area contributed by atoms with Gasteiger partial charge in [-0.25, -0.2) is 4.98 Å². The fourth-order valence-electron chi connectivity index (χ4n) is 3.38. The maximum atomic E-state index is 12.7. The number of benzene rings is 1. The van der Waals surface area contributed by atoms with Crippen LogP contribution in [0.15, 0.2) is 27.0 Å². The van der Waals surface area contributed by atoms with Gasteiger partial charge in [0.15, 0.2) is 17.1 Å². The first-order valence-electron chi connectivity index (χ1n) is 9.12. The van der Waals surface area contributed by atoms with Crippen LogP contribution in [0.5, 0.6) is 0 Å². The third-order valence-corrected chi connectivity index (χ3v) is 4.80. The fraction of sp³-hybridized carbons (Fsp3) is 0.381. The normalized spacial score (nSPS) is 14.4. The summed E-state index contributed by atoms with van der Waals surface area (Å²) in [6.07, 6.45) is 1.96. The van der Waals surface area contributed by atoms with E-state index in [-0.39, 0.29) is 22.9 Å². The number of ketones is 1. The summed E-state index contributed by atoms with van der Waals surface area (Å²) in [4.78, 5) is 29.3. The lowest BCUT2D eigenvalue weighted by Crippen LogP contribution is -2.13. The van der Waals surface area contributed by atoms with E-state index in [1.807, 2.05) is 20.8 Å². The second kappa shape index (κ2) is 6.08. The lowest BCUT2D eigenvalue weighted by Gasteiger charge is -2.11. The van der Waals surface area contributed by atoms with Gasteiger partial charge in [0.25, 0.3) is 5.91 Å². The Bertz CT molecular complexity index is 1070. The minimum Gasteiger partial charge on any atom is -0.455 e. The highest BCUT2D eigenvalue weighted by Crippen LogP contribution is 2.31. The van der Waals surface area contributed by atoms with Gasteiger partial charge in [0.05, 0.1) is 5.56 Å². The first-order valence-corrected chi connectivity index (χ1v) is 9.12. The van der Waals surface area contributed by atoms with Crippen LogP contribution in [0.3, 0.4) is 0 Å². The second-order valence-corrected chi connectivity index (χ2v) is 8.04. The summed E-state index contributed by atoms with van der Waals surface area (Å²) < 4.78 is 11.5. The number of carbonyl (C=O) groups is 2. The van der Waals surface area contributed by atoms with Gasteiger partial charge in [-0.05, 0) is 31.5 Å². The number of rotatable bonds is 2. The molecular formula is C21H22N2O4. The number of furan rings is 1. The monoisotopic (exact) mass is 366 g/mol. The minimum absolute atomic E-state index is 0.0512. The molecule has 2 aromatic heterocycles. The summed E-state index contributed by atoms with van der Waals surface area (Å²) in [5, 5.41) is 2.84. The molecule has 140 valence electrons. The van der Waals surface area contributed by atoms with E-state index in [4.69, 9.17) is 8.83 Å². The second-order valence-electron chi connectivity index (χ2n) is 8.04. The molecule has 6 nitrogen and oxygen atoms in total. The van der Waals surface area contributed by atoms with Crippen LogP contribution in [-0.2, 0) is 11.8 Å². The van der Waals surface area contributed by atoms with Gasteiger partial charge >= 0.3 is 0 Å². The van der Waals surface area contributed by atoms with Crippen LogP contribution >= 0.6 is 0 Å². The molecule has 0 saturated heterocycles. The SMILES string of the molecule is Cc1c(C(=O)Nc2ccc3oc(C(C)(C)C)nc3c2)oc2c1C(=O)CCC2. The van der Waals surface area contributed by atoms with Gasteiger partial charge in [0, 0.05) is 29.5 Å². The highest BCUT2D eigenvalue weighted by molar-refractivity contribution is 6.07. The first kappa shape index (κ1) is 17.5. The van der Waals surface area contributed by atoms with Crippen LogP contribution in [0, 0.1) is 6.92 Å². The maximum absolute atomic E-state index is 12.7. The number of anilines is 1. The van der Waals surface area contributed by atoms with Crippen LogP contribution in [0.2, 0.25) is 0 Å². The van der Waals surface area contributed by atoms with E-state index in [1.165, 1.54) is 0 Å². The van der Waals surface area contributed by atoms with E-state index >= 15 is 0 Å². The minimum atomic E-state index is -0.367. The van der Waals surface area contributed by atoms with Crippen molar-refractivity contribution in [3.05, 3.63) is 46.7 Å². The smallest absolute Gasteiger partial charge is 0.291 e. The number of aryl methyl sites for hydroxylation is 1. The topological polar surface area (TPSA) is 85.3 Å². The van der Waals surface area contributed by atoms with Crippen molar-refractivity contribution < 1.29 is 18.4 Å². The largest absolute Gasteiger partial charge is 0.455 e. The summed E-state index contributed by atoms with van der Waals surface area (Å²) >= 11 is 0. The van der Waals surface area contributed by atoms with Crippen LogP contribution in [0.4, 0.5) is 5.69 Å². The summed E-state index contributed by atoms with van der Waals surface area (Å²) in [7, 11) is 0. The maximum Gasteiger partial charge on any atom is 0.291 e. The molecule has 1 aromatic carbocycles. The van der Waals surface area contributed by atoms with E-state index in [2.05, 4.69) is 10.3 Å². The molecule has 1 aliphatic carbocycles. The number of aromatic nitrogens is 1. The molecule has 1 amide bonds. The van der Waals surface area contributed by atoms with Crippen LogP contribution in [0.25, 0.3) is 11.1 Å². The van der Waals surface area contributed by atoms with Crippen molar-refractivity contribution in [3.8, 4) is 0 Å². The summed E-state index contributed by atoms with van der Waals surface area (Å²) in [5.41, 5.74) is 2.95. The Hall–Kier alpha value is -2.89. The zero-order chi connectivity index (χ0) is 19.3. The third kappa shape index (κ3) is 3.05. The highest BCUT2D eigenvalue weighted by Gasteiger charge is 2.29. The Labute approximate surface area is 156 Å². The van der Waals surface area contributed by atoms with Gasteiger partial charge < -0.3 is 14.2 Å². The standard InChI is InChI=1S/C21H22N2O4/c1-11-17-14(24)6-5-7-16(17)26-18(11)19(25)22-12-8-9-15-13(10-12)23-20(27-15)21(2,3)4/h8-10H,5-7H2,1-4H3,(H,22,25). The molecule has 1 N–H and O–H groups in total. The molecule has 2 heterocycles. The van der Waals surface area contributed by atoms with Crippen molar-refractivity contribution in [2.24, 2.45) is 0 Å².